The number of anilines is 1. The van der Waals surface area contributed by atoms with E-state index in [-0.39, 0.29) is 6.07 Å². The van der Waals surface area contributed by atoms with Crippen molar-refractivity contribution in [1.82, 2.24) is 4.72 Å². The van der Waals surface area contributed by atoms with E-state index in [9.17, 15) is 26.0 Å². The Morgan fingerprint density at radius 1 is 1.26 bits per heavy atom. The molecule has 1 aromatic carbocycles. The first-order valence-electron chi connectivity index (χ1n) is 4.82. The van der Waals surface area contributed by atoms with Crippen LogP contribution in [-0.4, -0.2) is 32.6 Å². The number of benzene rings is 1. The fourth-order valence-electron chi connectivity index (χ4n) is 1.09. The number of hydrogen-bond donors (Lipinski definition) is 3. The minimum absolute atomic E-state index is 0.230. The fourth-order valence-corrected chi connectivity index (χ4v) is 2.24. The lowest BCUT2D eigenvalue weighted by Gasteiger charge is -2.14. The summed E-state index contributed by atoms with van der Waals surface area (Å²) >= 11 is 0. The van der Waals surface area contributed by atoms with E-state index in [1.54, 1.807) is 0 Å². The third-order valence-corrected chi connectivity index (χ3v) is 3.51. The summed E-state index contributed by atoms with van der Waals surface area (Å²) in [6, 6.07) is 0.707. The zero-order valence-electron chi connectivity index (χ0n) is 9.33. The van der Waals surface area contributed by atoms with Gasteiger partial charge in [-0.15, -0.1) is 0 Å². The van der Waals surface area contributed by atoms with Crippen LogP contribution in [0, 0.1) is 11.6 Å². The lowest BCUT2D eigenvalue weighted by atomic mass is 10.3. The first kappa shape index (κ1) is 15.7. The van der Waals surface area contributed by atoms with Crippen LogP contribution >= 0.6 is 0 Å². The van der Waals surface area contributed by atoms with E-state index in [1.807, 2.05) is 0 Å². The highest BCUT2D eigenvalue weighted by molar-refractivity contribution is 7.89. The van der Waals surface area contributed by atoms with Crippen molar-refractivity contribution in [3.63, 3.8) is 0 Å². The van der Waals surface area contributed by atoms with Crippen LogP contribution in [-0.2, 0) is 10.0 Å². The highest BCUT2D eigenvalue weighted by Gasteiger charge is 2.31. The molecule has 1 aromatic rings. The molecule has 108 valence electrons. The zero-order chi connectivity index (χ0) is 14.8. The molecule has 19 heavy (non-hydrogen) atoms. The number of alkyl halides is 2. The molecule has 10 heteroatoms. The van der Waals surface area contributed by atoms with Crippen LogP contribution < -0.4 is 10.5 Å². The number of halogens is 4. The van der Waals surface area contributed by atoms with E-state index < -0.39 is 51.3 Å². The number of rotatable bonds is 5. The van der Waals surface area contributed by atoms with Crippen LogP contribution in [0.1, 0.15) is 0 Å². The third kappa shape index (κ3) is 3.78. The molecule has 0 aliphatic carbocycles. The molecule has 0 saturated carbocycles. The number of sulfonamides is 1. The first-order chi connectivity index (χ1) is 8.59. The van der Waals surface area contributed by atoms with Crippen molar-refractivity contribution >= 4 is 15.7 Å². The van der Waals surface area contributed by atoms with Gasteiger partial charge in [0.1, 0.15) is 23.1 Å². The molecule has 0 unspecified atom stereocenters. The Morgan fingerprint density at radius 2 is 1.84 bits per heavy atom. The van der Waals surface area contributed by atoms with Crippen molar-refractivity contribution in [3.8, 4) is 0 Å². The Bertz CT molecular complexity index is 577. The van der Waals surface area contributed by atoms with Gasteiger partial charge in [-0.2, -0.15) is 0 Å². The average molecular weight is 302 g/mol. The summed E-state index contributed by atoms with van der Waals surface area (Å²) in [5.74, 6) is -6.33. The standard InChI is InChI=1S/C9H10F4N2O3S/c10-5-1-6(11)8(2-7(5)14)19(17,18)15-3-9(12,13)4-16/h1-2,15-16H,3-4,14H2. The Balaban J connectivity index is 3.05. The topological polar surface area (TPSA) is 92.4 Å². The van der Waals surface area contributed by atoms with Gasteiger partial charge in [0.15, 0.2) is 0 Å². The molecular weight excluding hydrogens is 292 g/mol. The van der Waals surface area contributed by atoms with Crippen LogP contribution in [0.2, 0.25) is 0 Å². The van der Waals surface area contributed by atoms with E-state index >= 15 is 0 Å². The van der Waals surface area contributed by atoms with Gasteiger partial charge in [0.2, 0.25) is 10.0 Å². The van der Waals surface area contributed by atoms with Gasteiger partial charge in [0, 0.05) is 6.07 Å². The molecule has 0 radical (unpaired) electrons. The van der Waals surface area contributed by atoms with E-state index in [2.05, 4.69) is 0 Å². The molecule has 0 aliphatic rings. The van der Waals surface area contributed by atoms with Crippen molar-refractivity contribution < 1.29 is 31.1 Å². The van der Waals surface area contributed by atoms with Crippen LogP contribution in [0.5, 0.6) is 0 Å². The Labute approximate surface area is 106 Å². The fraction of sp³-hybridized carbons (Fsp3) is 0.333. The number of nitrogen functional groups attached to an aromatic ring is 1. The molecular formula is C9H10F4N2O3S. The minimum atomic E-state index is -4.64. The molecule has 0 saturated heterocycles. The summed E-state index contributed by atoms with van der Waals surface area (Å²) in [7, 11) is -4.64. The van der Waals surface area contributed by atoms with Crippen LogP contribution in [0.4, 0.5) is 23.2 Å². The smallest absolute Gasteiger partial charge is 0.283 e. The van der Waals surface area contributed by atoms with Crippen molar-refractivity contribution in [1.29, 1.82) is 0 Å². The molecule has 0 bridgehead atoms. The summed E-state index contributed by atoms with van der Waals surface area (Å²) in [6.45, 7) is -3.01. The van der Waals surface area contributed by atoms with Crippen molar-refractivity contribution in [2.75, 3.05) is 18.9 Å². The monoisotopic (exact) mass is 302 g/mol. The predicted molar refractivity (Wildman–Crippen MR) is 58.0 cm³/mol. The molecule has 0 atom stereocenters. The number of hydrogen-bond acceptors (Lipinski definition) is 4. The quantitative estimate of drug-likeness (QED) is 0.544. The van der Waals surface area contributed by atoms with Gasteiger partial charge in [-0.1, -0.05) is 0 Å². The van der Waals surface area contributed by atoms with E-state index in [0.717, 1.165) is 0 Å². The highest BCUT2D eigenvalue weighted by Crippen LogP contribution is 2.21. The normalized spacial score (nSPS) is 12.7. The summed E-state index contributed by atoms with van der Waals surface area (Å²) in [5.41, 5.74) is 4.43. The molecule has 0 aliphatic heterocycles. The van der Waals surface area contributed by atoms with Crippen LogP contribution in [0.15, 0.2) is 17.0 Å². The third-order valence-electron chi connectivity index (χ3n) is 2.09. The zero-order valence-corrected chi connectivity index (χ0v) is 10.1. The average Bonchev–Trinajstić information content (AvgIpc) is 2.31. The Morgan fingerprint density at radius 3 is 2.37 bits per heavy atom. The van der Waals surface area contributed by atoms with Gasteiger partial charge >= 0.3 is 0 Å². The second-order valence-electron chi connectivity index (χ2n) is 3.64. The molecule has 1 rings (SSSR count). The first-order valence-corrected chi connectivity index (χ1v) is 6.30. The Hall–Kier alpha value is -1.39. The highest BCUT2D eigenvalue weighted by atomic mass is 32.2. The summed E-state index contributed by atoms with van der Waals surface area (Å²) < 4.78 is 76.0. The number of nitrogens with two attached hydrogens (primary N) is 1. The second-order valence-corrected chi connectivity index (χ2v) is 5.38. The predicted octanol–water partition coefficient (Wildman–Crippen LogP) is 0.453. The minimum Gasteiger partial charge on any atom is -0.396 e. The van der Waals surface area contributed by atoms with Crippen LogP contribution in [0.3, 0.4) is 0 Å². The van der Waals surface area contributed by atoms with Gasteiger partial charge < -0.3 is 10.8 Å². The van der Waals surface area contributed by atoms with E-state index in [4.69, 9.17) is 10.8 Å². The van der Waals surface area contributed by atoms with E-state index in [1.165, 1.54) is 4.72 Å². The maximum Gasteiger partial charge on any atom is 0.283 e. The molecule has 0 heterocycles. The van der Waals surface area contributed by atoms with Crippen LogP contribution in [0.25, 0.3) is 0 Å². The van der Waals surface area contributed by atoms with Gasteiger partial charge in [0.05, 0.1) is 12.2 Å². The van der Waals surface area contributed by atoms with Gasteiger partial charge in [-0.05, 0) is 6.07 Å². The number of nitrogens with one attached hydrogen (secondary N) is 1. The molecule has 0 fully saturated rings. The van der Waals surface area contributed by atoms with Crippen molar-refractivity contribution in [2.24, 2.45) is 0 Å². The molecule has 0 aromatic heterocycles. The Kier molecular flexibility index (Phi) is 4.38. The molecule has 0 amide bonds. The molecule has 5 nitrogen and oxygen atoms in total. The number of aliphatic hydroxyl groups is 1. The lowest BCUT2D eigenvalue weighted by molar-refractivity contribution is -0.0437. The van der Waals surface area contributed by atoms with Crippen molar-refractivity contribution in [2.45, 2.75) is 10.8 Å². The second kappa shape index (κ2) is 5.31. The van der Waals surface area contributed by atoms with E-state index in [0.29, 0.717) is 6.07 Å². The molecule has 4 N–H and O–H groups in total. The molecule has 0 spiro atoms. The maximum atomic E-state index is 13.3. The summed E-state index contributed by atoms with van der Waals surface area (Å²) in [4.78, 5) is -1.06. The number of aliphatic hydroxyl groups excluding tert-OH is 1. The van der Waals surface area contributed by atoms with Crippen molar-refractivity contribution in [3.05, 3.63) is 23.8 Å². The lowest BCUT2D eigenvalue weighted by Crippen LogP contribution is -2.39. The summed E-state index contributed by atoms with van der Waals surface area (Å²) in [6.07, 6.45) is 0. The largest absolute Gasteiger partial charge is 0.396 e. The maximum absolute atomic E-state index is 13.3. The summed E-state index contributed by atoms with van der Waals surface area (Å²) in [5, 5.41) is 8.27. The van der Waals surface area contributed by atoms with Gasteiger partial charge in [-0.3, -0.25) is 0 Å². The SMILES string of the molecule is Nc1cc(S(=O)(=O)NCC(F)(F)CO)c(F)cc1F. The van der Waals surface area contributed by atoms with Gasteiger partial charge in [-0.25, -0.2) is 30.7 Å². The van der Waals surface area contributed by atoms with Gasteiger partial charge in [0.25, 0.3) is 5.92 Å².